The molecule has 1 aliphatic heterocycles. The number of amides is 2. The summed E-state index contributed by atoms with van der Waals surface area (Å²) in [7, 11) is 0. The van der Waals surface area contributed by atoms with Crippen LogP contribution in [0.15, 0.2) is 47.4 Å². The third kappa shape index (κ3) is 3.63. The highest BCUT2D eigenvalue weighted by Gasteiger charge is 2.36. The average molecular weight is 390 g/mol. The molecule has 3 heterocycles. The van der Waals surface area contributed by atoms with Gasteiger partial charge in [-0.15, -0.1) is 0 Å². The van der Waals surface area contributed by atoms with Crippen LogP contribution in [0.3, 0.4) is 0 Å². The quantitative estimate of drug-likeness (QED) is 0.738. The maximum atomic E-state index is 12.8. The maximum Gasteiger partial charge on any atom is 0.416 e. The molecule has 1 N–H and O–H groups in total. The average Bonchev–Trinajstić information content (AvgIpc) is 3.10. The number of urea groups is 1. The lowest BCUT2D eigenvalue weighted by molar-refractivity contribution is -0.137. The molecule has 0 aliphatic carbocycles. The van der Waals surface area contributed by atoms with Gasteiger partial charge in [0.25, 0.3) is 0 Å². The first-order valence-electron chi connectivity index (χ1n) is 8.23. The molecule has 1 aliphatic rings. The van der Waals surface area contributed by atoms with E-state index in [1.54, 1.807) is 0 Å². The Kier molecular flexibility index (Phi) is 4.41. The van der Waals surface area contributed by atoms with E-state index in [9.17, 15) is 18.0 Å². The first kappa shape index (κ1) is 17.9. The second-order valence-corrected chi connectivity index (χ2v) is 6.16. The second-order valence-electron chi connectivity index (χ2n) is 6.16. The van der Waals surface area contributed by atoms with Crippen LogP contribution >= 0.6 is 0 Å². The molecule has 144 valence electrons. The van der Waals surface area contributed by atoms with E-state index in [-0.39, 0.29) is 11.6 Å². The molecule has 28 heavy (non-hydrogen) atoms. The topological polar surface area (TPSA) is 97.0 Å². The molecule has 11 heteroatoms. The van der Waals surface area contributed by atoms with Gasteiger partial charge in [0, 0.05) is 31.2 Å². The van der Waals surface area contributed by atoms with E-state index in [2.05, 4.69) is 25.4 Å². The number of hydrogen-bond donors (Lipinski definition) is 1. The summed E-state index contributed by atoms with van der Waals surface area (Å²) in [5.41, 5.74) is -0.281. The number of halogens is 3. The van der Waals surface area contributed by atoms with Crippen LogP contribution in [-0.2, 0) is 6.18 Å². The summed E-state index contributed by atoms with van der Waals surface area (Å²) in [4.78, 5) is 25.9. The van der Waals surface area contributed by atoms with Crippen LogP contribution in [-0.4, -0.2) is 44.1 Å². The first-order valence-corrected chi connectivity index (χ1v) is 8.23. The SMILES string of the molecule is O=C(Nc1cccc(C(F)(F)F)c1)N1CC(c2nc(-c3cnccn3)no2)C1. The molecular formula is C17H13F3N6O2. The number of nitrogens with one attached hydrogen (secondary N) is 1. The molecule has 1 saturated heterocycles. The van der Waals surface area contributed by atoms with Gasteiger partial charge in [-0.3, -0.25) is 4.98 Å². The molecule has 0 bridgehead atoms. The molecule has 1 fully saturated rings. The van der Waals surface area contributed by atoms with Gasteiger partial charge in [-0.2, -0.15) is 18.2 Å². The Hall–Kier alpha value is -3.50. The van der Waals surface area contributed by atoms with Gasteiger partial charge < -0.3 is 14.7 Å². The number of alkyl halides is 3. The van der Waals surface area contributed by atoms with Gasteiger partial charge in [0.15, 0.2) is 0 Å². The van der Waals surface area contributed by atoms with Gasteiger partial charge in [-0.1, -0.05) is 11.2 Å². The molecule has 1 aromatic carbocycles. The third-order valence-corrected chi connectivity index (χ3v) is 4.19. The molecule has 0 unspecified atom stereocenters. The Morgan fingerprint density at radius 2 is 2.07 bits per heavy atom. The molecule has 2 aromatic heterocycles. The number of aromatic nitrogens is 4. The van der Waals surface area contributed by atoms with Crippen molar-refractivity contribution in [3.05, 3.63) is 54.3 Å². The first-order chi connectivity index (χ1) is 13.4. The van der Waals surface area contributed by atoms with Gasteiger partial charge in [0.05, 0.1) is 17.7 Å². The summed E-state index contributed by atoms with van der Waals surface area (Å²) in [5, 5.41) is 6.31. The highest BCUT2D eigenvalue weighted by atomic mass is 19.4. The summed E-state index contributed by atoms with van der Waals surface area (Å²) in [6.45, 7) is 0.625. The highest BCUT2D eigenvalue weighted by molar-refractivity contribution is 5.90. The van der Waals surface area contributed by atoms with Crippen molar-refractivity contribution in [1.82, 2.24) is 25.0 Å². The fourth-order valence-electron chi connectivity index (χ4n) is 2.70. The van der Waals surface area contributed by atoms with E-state index in [1.165, 1.54) is 35.6 Å². The number of hydrogen-bond acceptors (Lipinski definition) is 6. The Morgan fingerprint density at radius 3 is 2.79 bits per heavy atom. The Labute approximate surface area is 156 Å². The van der Waals surface area contributed by atoms with Gasteiger partial charge in [-0.25, -0.2) is 9.78 Å². The van der Waals surface area contributed by atoms with Crippen LogP contribution in [0.1, 0.15) is 17.4 Å². The maximum absolute atomic E-state index is 12.8. The number of benzene rings is 1. The second kappa shape index (κ2) is 6.91. The Bertz CT molecular complexity index is 986. The fourth-order valence-corrected chi connectivity index (χ4v) is 2.70. The van der Waals surface area contributed by atoms with E-state index in [1.807, 2.05) is 0 Å². The number of likely N-dealkylation sites (tertiary alicyclic amines) is 1. The normalized spacial score (nSPS) is 14.6. The Morgan fingerprint density at radius 1 is 1.25 bits per heavy atom. The summed E-state index contributed by atoms with van der Waals surface area (Å²) < 4.78 is 43.5. The van der Waals surface area contributed by atoms with Crippen LogP contribution in [0.25, 0.3) is 11.5 Å². The Balaban J connectivity index is 1.35. The zero-order valence-corrected chi connectivity index (χ0v) is 14.2. The molecule has 0 spiro atoms. The minimum Gasteiger partial charge on any atom is -0.338 e. The van der Waals surface area contributed by atoms with Crippen molar-refractivity contribution in [2.24, 2.45) is 0 Å². The van der Waals surface area contributed by atoms with E-state index >= 15 is 0 Å². The number of anilines is 1. The predicted molar refractivity (Wildman–Crippen MR) is 90.1 cm³/mol. The van der Waals surface area contributed by atoms with E-state index in [0.29, 0.717) is 30.5 Å². The van der Waals surface area contributed by atoms with Gasteiger partial charge in [0.1, 0.15) is 5.69 Å². The lowest BCUT2D eigenvalue weighted by Crippen LogP contribution is -2.50. The van der Waals surface area contributed by atoms with Crippen molar-refractivity contribution in [2.75, 3.05) is 18.4 Å². The zero-order valence-electron chi connectivity index (χ0n) is 14.2. The van der Waals surface area contributed by atoms with E-state index in [0.717, 1.165) is 12.1 Å². The predicted octanol–water partition coefficient (Wildman–Crippen LogP) is 3.18. The summed E-state index contributed by atoms with van der Waals surface area (Å²) in [6.07, 6.45) is 0.0669. The number of rotatable bonds is 3. The van der Waals surface area contributed by atoms with E-state index < -0.39 is 17.8 Å². The van der Waals surface area contributed by atoms with Gasteiger partial charge in [-0.05, 0) is 18.2 Å². The fraction of sp³-hybridized carbons (Fsp3) is 0.235. The smallest absolute Gasteiger partial charge is 0.338 e. The zero-order chi connectivity index (χ0) is 19.7. The van der Waals surface area contributed by atoms with Crippen molar-refractivity contribution < 1.29 is 22.5 Å². The minimum atomic E-state index is -4.47. The van der Waals surface area contributed by atoms with E-state index in [4.69, 9.17) is 4.52 Å². The molecule has 8 nitrogen and oxygen atoms in total. The van der Waals surface area contributed by atoms with Crippen molar-refractivity contribution in [1.29, 1.82) is 0 Å². The van der Waals surface area contributed by atoms with Crippen molar-refractivity contribution in [3.8, 4) is 11.5 Å². The molecule has 2 amide bonds. The molecule has 4 rings (SSSR count). The van der Waals surface area contributed by atoms with Crippen molar-refractivity contribution in [2.45, 2.75) is 12.1 Å². The van der Waals surface area contributed by atoms with Crippen LogP contribution < -0.4 is 5.32 Å². The van der Waals surface area contributed by atoms with Gasteiger partial charge in [0.2, 0.25) is 11.7 Å². The van der Waals surface area contributed by atoms with Crippen LogP contribution in [0.5, 0.6) is 0 Å². The standard InChI is InChI=1S/C17H13F3N6O2/c18-17(19,20)11-2-1-3-12(6-11)23-16(27)26-8-10(9-26)15-24-14(25-28-15)13-7-21-4-5-22-13/h1-7,10H,8-9H2,(H,23,27). The van der Waals surface area contributed by atoms with Gasteiger partial charge >= 0.3 is 12.2 Å². The molecule has 0 saturated carbocycles. The number of carbonyl (C=O) groups excluding carboxylic acids is 1. The highest BCUT2D eigenvalue weighted by Crippen LogP contribution is 2.31. The monoisotopic (exact) mass is 390 g/mol. The lowest BCUT2D eigenvalue weighted by Gasteiger charge is -2.36. The summed E-state index contributed by atoms with van der Waals surface area (Å²) in [6, 6.07) is 3.98. The number of nitrogens with zero attached hydrogens (tertiary/aromatic N) is 5. The molecule has 3 aromatic rings. The van der Waals surface area contributed by atoms with Crippen LogP contribution in [0.4, 0.5) is 23.7 Å². The largest absolute Gasteiger partial charge is 0.416 e. The molecule has 0 atom stereocenters. The molecule has 0 radical (unpaired) electrons. The lowest BCUT2D eigenvalue weighted by atomic mass is 10.0. The summed E-state index contributed by atoms with van der Waals surface area (Å²) >= 11 is 0. The van der Waals surface area contributed by atoms with Crippen molar-refractivity contribution in [3.63, 3.8) is 0 Å². The molecular weight excluding hydrogens is 377 g/mol. The number of carbonyl (C=O) groups is 1. The summed E-state index contributed by atoms with van der Waals surface area (Å²) in [5.74, 6) is 0.518. The minimum absolute atomic E-state index is 0.0750. The van der Waals surface area contributed by atoms with Crippen LogP contribution in [0.2, 0.25) is 0 Å². The third-order valence-electron chi connectivity index (χ3n) is 4.19. The van der Waals surface area contributed by atoms with Crippen molar-refractivity contribution >= 4 is 11.7 Å². The van der Waals surface area contributed by atoms with Crippen LogP contribution in [0, 0.1) is 0 Å².